The van der Waals surface area contributed by atoms with Crippen LogP contribution in [-0.2, 0) is 6.42 Å². The molecule has 0 radical (unpaired) electrons. The minimum atomic E-state index is 0.324. The summed E-state index contributed by atoms with van der Waals surface area (Å²) in [7, 11) is 1.73. The van der Waals surface area contributed by atoms with Crippen molar-refractivity contribution in [3.05, 3.63) is 58.1 Å². The van der Waals surface area contributed by atoms with Crippen LogP contribution in [0.25, 0.3) is 0 Å². The second kappa shape index (κ2) is 5.25. The van der Waals surface area contributed by atoms with Crippen molar-refractivity contribution in [2.75, 3.05) is 12.4 Å². The predicted octanol–water partition coefficient (Wildman–Crippen LogP) is 4.56. The molecule has 3 heteroatoms. The number of rotatable bonds is 2. The molecule has 0 saturated heterocycles. The van der Waals surface area contributed by atoms with Crippen LogP contribution in [0.15, 0.2) is 46.9 Å². The topological polar surface area (TPSA) is 21.3 Å². The molecular weight excluding hydrogens is 302 g/mol. The number of nitrogens with one attached hydrogen (secondary N) is 1. The van der Waals surface area contributed by atoms with Crippen molar-refractivity contribution < 1.29 is 4.74 Å². The van der Waals surface area contributed by atoms with Gasteiger partial charge < -0.3 is 10.1 Å². The Labute approximate surface area is 121 Å². The molecule has 3 rings (SSSR count). The molecule has 0 fully saturated rings. The molecule has 0 bridgehead atoms. The van der Waals surface area contributed by atoms with Crippen LogP contribution in [-0.4, -0.2) is 7.11 Å². The predicted molar refractivity (Wildman–Crippen MR) is 81.8 cm³/mol. The number of hydrogen-bond donors (Lipinski definition) is 1. The van der Waals surface area contributed by atoms with Gasteiger partial charge in [0.15, 0.2) is 0 Å². The van der Waals surface area contributed by atoms with Gasteiger partial charge in [-0.15, -0.1) is 0 Å². The van der Waals surface area contributed by atoms with Gasteiger partial charge in [0.05, 0.1) is 13.2 Å². The second-order valence-electron chi connectivity index (χ2n) is 4.78. The number of para-hydroxylation sites is 1. The lowest BCUT2D eigenvalue weighted by molar-refractivity contribution is 0.405. The first-order chi connectivity index (χ1) is 9.28. The lowest BCUT2D eigenvalue weighted by Gasteiger charge is -2.28. The summed E-state index contributed by atoms with van der Waals surface area (Å²) in [5, 5.41) is 3.61. The van der Waals surface area contributed by atoms with E-state index in [9.17, 15) is 0 Å². The Morgan fingerprint density at radius 1 is 1.21 bits per heavy atom. The van der Waals surface area contributed by atoms with Crippen LogP contribution >= 0.6 is 15.9 Å². The molecule has 0 aliphatic carbocycles. The summed E-state index contributed by atoms with van der Waals surface area (Å²) in [6.45, 7) is 0. The zero-order chi connectivity index (χ0) is 13.2. The maximum Gasteiger partial charge on any atom is 0.124 e. The summed E-state index contributed by atoms with van der Waals surface area (Å²) in [5.41, 5.74) is 3.84. The van der Waals surface area contributed by atoms with Gasteiger partial charge in [0.2, 0.25) is 0 Å². The van der Waals surface area contributed by atoms with E-state index < -0.39 is 0 Å². The molecule has 0 amide bonds. The molecule has 1 heterocycles. The molecule has 1 N–H and O–H groups in total. The molecule has 0 aromatic heterocycles. The zero-order valence-electron chi connectivity index (χ0n) is 10.8. The SMILES string of the molecule is COc1ccccc1C1CCc2cc(Br)ccc2N1. The van der Waals surface area contributed by atoms with Crippen LogP contribution in [0.1, 0.15) is 23.6 Å². The second-order valence-corrected chi connectivity index (χ2v) is 5.69. The fourth-order valence-electron chi connectivity index (χ4n) is 2.66. The first-order valence-corrected chi connectivity index (χ1v) is 7.25. The van der Waals surface area contributed by atoms with E-state index in [0.29, 0.717) is 6.04 Å². The van der Waals surface area contributed by atoms with Crippen LogP contribution in [0.2, 0.25) is 0 Å². The molecule has 2 aromatic rings. The molecule has 1 aliphatic rings. The van der Waals surface area contributed by atoms with E-state index in [0.717, 1.165) is 23.1 Å². The van der Waals surface area contributed by atoms with Crippen molar-refractivity contribution in [2.45, 2.75) is 18.9 Å². The standard InChI is InChI=1S/C16H16BrNO/c1-19-16-5-3-2-4-13(16)15-8-6-11-10-12(17)7-9-14(11)18-15/h2-5,7,9-10,15,18H,6,8H2,1H3. The Balaban J connectivity index is 1.91. The van der Waals surface area contributed by atoms with Crippen LogP contribution in [0, 0.1) is 0 Å². The molecule has 0 spiro atoms. The third kappa shape index (κ3) is 2.47. The highest BCUT2D eigenvalue weighted by atomic mass is 79.9. The Kier molecular flexibility index (Phi) is 3.47. The highest BCUT2D eigenvalue weighted by Crippen LogP contribution is 2.37. The van der Waals surface area contributed by atoms with Gasteiger partial charge in [-0.3, -0.25) is 0 Å². The highest BCUT2D eigenvalue weighted by molar-refractivity contribution is 9.10. The Morgan fingerprint density at radius 2 is 2.05 bits per heavy atom. The molecule has 1 atom stereocenters. The maximum absolute atomic E-state index is 5.46. The van der Waals surface area contributed by atoms with Gasteiger partial charge in [-0.2, -0.15) is 0 Å². The summed E-state index contributed by atoms with van der Waals surface area (Å²) in [5.74, 6) is 0.959. The smallest absolute Gasteiger partial charge is 0.124 e. The third-order valence-corrected chi connectivity index (χ3v) is 4.11. The molecule has 0 saturated carbocycles. The van der Waals surface area contributed by atoms with Crippen LogP contribution < -0.4 is 10.1 Å². The number of ether oxygens (including phenoxy) is 1. The Morgan fingerprint density at radius 3 is 2.89 bits per heavy atom. The van der Waals surface area contributed by atoms with Gasteiger partial charge in [0, 0.05) is 15.7 Å². The number of halogens is 1. The van der Waals surface area contributed by atoms with Gasteiger partial charge in [-0.05, 0) is 42.7 Å². The first-order valence-electron chi connectivity index (χ1n) is 6.46. The molecule has 2 aromatic carbocycles. The Bertz CT molecular complexity index is 597. The first kappa shape index (κ1) is 12.5. The lowest BCUT2D eigenvalue weighted by atomic mass is 9.93. The highest BCUT2D eigenvalue weighted by Gasteiger charge is 2.21. The molecule has 19 heavy (non-hydrogen) atoms. The minimum Gasteiger partial charge on any atom is -0.496 e. The summed E-state index contributed by atoms with van der Waals surface area (Å²) in [6, 6.07) is 15.0. The zero-order valence-corrected chi connectivity index (χ0v) is 12.4. The molecule has 98 valence electrons. The Hall–Kier alpha value is -1.48. The van der Waals surface area contributed by atoms with E-state index in [-0.39, 0.29) is 0 Å². The summed E-state index contributed by atoms with van der Waals surface area (Å²) in [6.07, 6.45) is 2.17. The quantitative estimate of drug-likeness (QED) is 0.876. The number of methoxy groups -OCH3 is 1. The van der Waals surface area contributed by atoms with Crippen molar-refractivity contribution in [1.82, 2.24) is 0 Å². The van der Waals surface area contributed by atoms with Gasteiger partial charge in [0.1, 0.15) is 5.75 Å². The monoisotopic (exact) mass is 317 g/mol. The number of benzene rings is 2. The number of hydrogen-bond acceptors (Lipinski definition) is 2. The van der Waals surface area contributed by atoms with Gasteiger partial charge in [0.25, 0.3) is 0 Å². The van der Waals surface area contributed by atoms with E-state index in [2.05, 4.69) is 51.6 Å². The van der Waals surface area contributed by atoms with E-state index in [4.69, 9.17) is 4.74 Å². The lowest BCUT2D eigenvalue weighted by Crippen LogP contribution is -2.18. The normalized spacial score (nSPS) is 17.5. The fourth-order valence-corrected chi connectivity index (χ4v) is 3.07. The minimum absolute atomic E-state index is 0.324. The summed E-state index contributed by atoms with van der Waals surface area (Å²) >= 11 is 3.53. The number of anilines is 1. The molecule has 1 unspecified atom stereocenters. The average molecular weight is 318 g/mol. The van der Waals surface area contributed by atoms with Crippen molar-refractivity contribution in [2.24, 2.45) is 0 Å². The van der Waals surface area contributed by atoms with E-state index >= 15 is 0 Å². The largest absolute Gasteiger partial charge is 0.496 e. The van der Waals surface area contributed by atoms with Crippen LogP contribution in [0.4, 0.5) is 5.69 Å². The summed E-state index contributed by atoms with van der Waals surface area (Å²) in [4.78, 5) is 0. The van der Waals surface area contributed by atoms with Crippen LogP contribution in [0.5, 0.6) is 5.75 Å². The molecule has 2 nitrogen and oxygen atoms in total. The van der Waals surface area contributed by atoms with Crippen molar-refractivity contribution in [3.8, 4) is 5.75 Å². The van der Waals surface area contributed by atoms with Gasteiger partial charge in [-0.25, -0.2) is 0 Å². The maximum atomic E-state index is 5.46. The van der Waals surface area contributed by atoms with E-state index in [1.165, 1.54) is 16.8 Å². The van der Waals surface area contributed by atoms with Crippen molar-refractivity contribution >= 4 is 21.6 Å². The number of fused-ring (bicyclic) bond motifs is 1. The van der Waals surface area contributed by atoms with Crippen LogP contribution in [0.3, 0.4) is 0 Å². The van der Waals surface area contributed by atoms with Gasteiger partial charge in [-0.1, -0.05) is 34.1 Å². The van der Waals surface area contributed by atoms with E-state index in [1.807, 2.05) is 12.1 Å². The fraction of sp³-hybridized carbons (Fsp3) is 0.250. The molecule has 1 aliphatic heterocycles. The summed E-state index contributed by atoms with van der Waals surface area (Å²) < 4.78 is 6.60. The molecular formula is C16H16BrNO. The van der Waals surface area contributed by atoms with E-state index in [1.54, 1.807) is 7.11 Å². The van der Waals surface area contributed by atoms with Crippen molar-refractivity contribution in [1.29, 1.82) is 0 Å². The van der Waals surface area contributed by atoms with Crippen molar-refractivity contribution in [3.63, 3.8) is 0 Å². The average Bonchev–Trinajstić information content (AvgIpc) is 2.46. The van der Waals surface area contributed by atoms with Gasteiger partial charge >= 0.3 is 0 Å². The third-order valence-electron chi connectivity index (χ3n) is 3.61. The number of aryl methyl sites for hydroxylation is 1.